The van der Waals surface area contributed by atoms with Crippen LogP contribution in [0.3, 0.4) is 0 Å². The Labute approximate surface area is 87.5 Å². The SMILES string of the molecule is COC(=O)/C(C)=C(/[O-])OC.[Na+]. The molecule has 0 bridgehead atoms. The Morgan fingerprint density at radius 2 is 1.73 bits per heavy atom. The number of carbonyl (C=O) groups excluding carboxylic acids is 1. The first-order valence-corrected chi connectivity index (χ1v) is 2.63. The molecule has 0 aromatic carbocycles. The first kappa shape index (κ1) is 13.4. The number of ether oxygens (including phenoxy) is 2. The molecule has 4 nitrogen and oxygen atoms in total. The molecule has 0 atom stereocenters. The molecular weight excluding hydrogens is 159 g/mol. The maximum Gasteiger partial charge on any atom is 1.00 e. The zero-order chi connectivity index (χ0) is 8.15. The van der Waals surface area contributed by atoms with Gasteiger partial charge >= 0.3 is 35.5 Å². The van der Waals surface area contributed by atoms with Crippen molar-refractivity contribution in [3.63, 3.8) is 0 Å². The van der Waals surface area contributed by atoms with Crippen molar-refractivity contribution in [3.8, 4) is 0 Å². The van der Waals surface area contributed by atoms with Crippen LogP contribution in [0.25, 0.3) is 0 Å². The first-order valence-electron chi connectivity index (χ1n) is 2.63. The summed E-state index contributed by atoms with van der Waals surface area (Å²) >= 11 is 0. The molecule has 0 aromatic heterocycles. The van der Waals surface area contributed by atoms with Gasteiger partial charge in [-0.25, -0.2) is 4.79 Å². The predicted octanol–water partition coefficient (Wildman–Crippen LogP) is -3.60. The summed E-state index contributed by atoms with van der Waals surface area (Å²) in [5.41, 5.74) is -0.0509. The Bertz CT molecular complexity index is 164. The Hall–Kier alpha value is -0.190. The van der Waals surface area contributed by atoms with Gasteiger partial charge in [0.1, 0.15) is 0 Å². The van der Waals surface area contributed by atoms with E-state index in [1.54, 1.807) is 0 Å². The summed E-state index contributed by atoms with van der Waals surface area (Å²) in [6.07, 6.45) is 0. The predicted molar refractivity (Wildman–Crippen MR) is 31.7 cm³/mol. The van der Waals surface area contributed by atoms with E-state index in [0.717, 1.165) is 0 Å². The van der Waals surface area contributed by atoms with Crippen LogP contribution in [0.2, 0.25) is 0 Å². The van der Waals surface area contributed by atoms with Crippen LogP contribution in [0.4, 0.5) is 0 Å². The van der Waals surface area contributed by atoms with Crippen molar-refractivity contribution in [2.45, 2.75) is 6.92 Å². The van der Waals surface area contributed by atoms with E-state index in [1.165, 1.54) is 21.1 Å². The molecule has 0 radical (unpaired) electrons. The number of carbonyl (C=O) groups is 1. The number of rotatable bonds is 2. The molecule has 0 rings (SSSR count). The largest absolute Gasteiger partial charge is 1.00 e. The second-order valence-electron chi connectivity index (χ2n) is 1.61. The van der Waals surface area contributed by atoms with E-state index >= 15 is 0 Å². The summed E-state index contributed by atoms with van der Waals surface area (Å²) in [7, 11) is 2.41. The molecule has 11 heavy (non-hydrogen) atoms. The van der Waals surface area contributed by atoms with Crippen LogP contribution < -0.4 is 34.7 Å². The second-order valence-corrected chi connectivity index (χ2v) is 1.61. The van der Waals surface area contributed by atoms with Crippen molar-refractivity contribution in [2.24, 2.45) is 0 Å². The van der Waals surface area contributed by atoms with E-state index in [-0.39, 0.29) is 35.1 Å². The number of hydrogen-bond donors (Lipinski definition) is 0. The maximum atomic E-state index is 10.6. The third kappa shape index (κ3) is 4.29. The van der Waals surface area contributed by atoms with Crippen LogP contribution in [0.5, 0.6) is 0 Å². The molecule has 0 heterocycles. The molecule has 0 aromatic rings. The molecule has 0 aliphatic carbocycles. The van der Waals surface area contributed by atoms with Crippen molar-refractivity contribution >= 4 is 5.97 Å². The van der Waals surface area contributed by atoms with Gasteiger partial charge in [-0.2, -0.15) is 0 Å². The van der Waals surface area contributed by atoms with E-state index in [0.29, 0.717) is 0 Å². The van der Waals surface area contributed by atoms with Gasteiger partial charge in [0, 0.05) is 0 Å². The van der Waals surface area contributed by atoms with Gasteiger partial charge in [-0.1, -0.05) is 0 Å². The number of methoxy groups -OCH3 is 2. The van der Waals surface area contributed by atoms with Crippen LogP contribution in [-0.4, -0.2) is 20.2 Å². The molecule has 58 valence electrons. The van der Waals surface area contributed by atoms with E-state index in [4.69, 9.17) is 0 Å². The van der Waals surface area contributed by atoms with Gasteiger partial charge in [-0.15, -0.1) is 0 Å². The van der Waals surface area contributed by atoms with Crippen LogP contribution in [0, 0.1) is 0 Å². The third-order valence-corrected chi connectivity index (χ3v) is 0.983. The topological polar surface area (TPSA) is 58.6 Å². The minimum atomic E-state index is -0.660. The third-order valence-electron chi connectivity index (χ3n) is 0.983. The Morgan fingerprint density at radius 1 is 1.27 bits per heavy atom. The number of hydrogen-bond acceptors (Lipinski definition) is 4. The van der Waals surface area contributed by atoms with Crippen LogP contribution in [0.15, 0.2) is 11.5 Å². The van der Waals surface area contributed by atoms with Gasteiger partial charge in [0.25, 0.3) is 0 Å². The Morgan fingerprint density at radius 3 is 2.00 bits per heavy atom. The summed E-state index contributed by atoms with van der Waals surface area (Å²) in [6.45, 7) is 1.34. The molecule has 5 heteroatoms. The summed E-state index contributed by atoms with van der Waals surface area (Å²) in [5, 5.41) is 10.6. The fourth-order valence-electron chi connectivity index (χ4n) is 0.390. The molecule has 0 aliphatic heterocycles. The maximum absolute atomic E-state index is 10.6. The Kier molecular flexibility index (Phi) is 7.94. The summed E-state index contributed by atoms with van der Waals surface area (Å²) in [6, 6.07) is 0. The molecule has 0 amide bonds. The van der Waals surface area contributed by atoms with Gasteiger partial charge in [0.05, 0.1) is 18.6 Å². The molecular formula is C6H9NaO4. The van der Waals surface area contributed by atoms with Gasteiger partial charge in [-0.05, 0) is 14.0 Å². The van der Waals surface area contributed by atoms with Crippen molar-refractivity contribution in [1.29, 1.82) is 0 Å². The summed E-state index contributed by atoms with van der Waals surface area (Å²) in [4.78, 5) is 10.6. The minimum absolute atomic E-state index is 0. The second kappa shape index (κ2) is 6.52. The average molecular weight is 168 g/mol. The van der Waals surface area contributed by atoms with Gasteiger partial charge in [0.2, 0.25) is 0 Å². The fourth-order valence-corrected chi connectivity index (χ4v) is 0.390. The zero-order valence-electron chi connectivity index (χ0n) is 7.13. The van der Waals surface area contributed by atoms with Crippen LogP contribution in [0.1, 0.15) is 6.92 Å². The van der Waals surface area contributed by atoms with Gasteiger partial charge in [0.15, 0.2) is 0 Å². The molecule has 0 aliphatic rings. The monoisotopic (exact) mass is 168 g/mol. The fraction of sp³-hybridized carbons (Fsp3) is 0.500. The van der Waals surface area contributed by atoms with Crippen LogP contribution >= 0.6 is 0 Å². The van der Waals surface area contributed by atoms with Crippen molar-refractivity contribution in [1.82, 2.24) is 0 Å². The Balaban J connectivity index is 0. The average Bonchev–Trinajstić information content (AvgIpc) is 2.00. The van der Waals surface area contributed by atoms with E-state index in [9.17, 15) is 9.90 Å². The minimum Gasteiger partial charge on any atom is -0.616 e. The van der Waals surface area contributed by atoms with E-state index < -0.39 is 11.9 Å². The van der Waals surface area contributed by atoms with Crippen molar-refractivity contribution in [3.05, 3.63) is 11.5 Å². The molecule has 0 fully saturated rings. The molecule has 0 spiro atoms. The molecule has 0 saturated heterocycles. The van der Waals surface area contributed by atoms with Gasteiger partial charge < -0.3 is 14.6 Å². The number of esters is 1. The first-order chi connectivity index (χ1) is 4.63. The van der Waals surface area contributed by atoms with E-state index in [2.05, 4.69) is 9.47 Å². The van der Waals surface area contributed by atoms with Gasteiger partial charge in [-0.3, -0.25) is 0 Å². The van der Waals surface area contributed by atoms with E-state index in [1.807, 2.05) is 0 Å². The normalized spacial score (nSPS) is 10.8. The van der Waals surface area contributed by atoms with Crippen LogP contribution in [-0.2, 0) is 14.3 Å². The summed E-state index contributed by atoms with van der Waals surface area (Å²) in [5.74, 6) is -1.32. The molecule has 0 N–H and O–H groups in total. The quantitative estimate of drug-likeness (QED) is 0.185. The summed E-state index contributed by atoms with van der Waals surface area (Å²) < 4.78 is 8.52. The molecule has 0 saturated carbocycles. The zero-order valence-corrected chi connectivity index (χ0v) is 9.13. The standard InChI is InChI=1S/C6H10O4.Na/c1-4(5(7)9-2)6(8)10-3;/h7H,1-3H3;/q;+1/p-1/b5-4-;. The smallest absolute Gasteiger partial charge is 0.616 e. The van der Waals surface area contributed by atoms with Crippen molar-refractivity contribution in [2.75, 3.05) is 14.2 Å². The molecule has 0 unspecified atom stereocenters. The van der Waals surface area contributed by atoms with Crippen molar-refractivity contribution < 1.29 is 48.9 Å².